The molecular weight excluding hydrogens is 256 g/mol. The quantitative estimate of drug-likeness (QED) is 0.546. The van der Waals surface area contributed by atoms with E-state index in [1.54, 1.807) is 0 Å². The summed E-state index contributed by atoms with van der Waals surface area (Å²) >= 11 is -3.58. The van der Waals surface area contributed by atoms with Gasteiger partial charge in [0.25, 0.3) is 0 Å². The number of carboxylic acids is 2. The summed E-state index contributed by atoms with van der Waals surface area (Å²) in [6.45, 7) is 0. The van der Waals surface area contributed by atoms with Gasteiger partial charge in [-0.15, -0.1) is 0 Å². The van der Waals surface area contributed by atoms with Gasteiger partial charge in [0.15, 0.2) is 0 Å². The summed E-state index contributed by atoms with van der Waals surface area (Å²) in [6.07, 6.45) is 0. The van der Waals surface area contributed by atoms with Crippen LogP contribution in [0, 0.1) is 0 Å². The van der Waals surface area contributed by atoms with E-state index in [-0.39, 0.29) is 11.1 Å². The molecule has 0 radical (unpaired) electrons. The molecule has 0 saturated heterocycles. The molecule has 0 fully saturated rings. The Labute approximate surface area is 96.7 Å². The fraction of sp³-hybridized carbons (Fsp3) is 0. The first kappa shape index (κ1) is 14.6. The van der Waals surface area contributed by atoms with Crippen molar-refractivity contribution in [2.75, 3.05) is 0 Å². The number of benzene rings is 1. The third kappa shape index (κ3) is 6.15. The molecule has 4 N–H and O–H groups in total. The predicted octanol–water partition coefficient (Wildman–Crippen LogP) is -0.152. The molecule has 1 aromatic carbocycles. The van der Waals surface area contributed by atoms with Gasteiger partial charge >= 0.3 is 41.3 Å². The van der Waals surface area contributed by atoms with Crippen LogP contribution in [0.2, 0.25) is 0 Å². The summed E-state index contributed by atoms with van der Waals surface area (Å²) < 4.78 is 23.2. The van der Waals surface area contributed by atoms with Crippen molar-refractivity contribution in [3.8, 4) is 0 Å². The monoisotopic (exact) mass is 264 g/mol. The van der Waals surface area contributed by atoms with Crippen LogP contribution in [0.3, 0.4) is 0 Å². The maximum absolute atomic E-state index is 10.4. The Hall–Kier alpha value is -1.41. The van der Waals surface area contributed by atoms with Crippen LogP contribution in [-0.2, 0) is 21.9 Å². The molecule has 0 bridgehead atoms. The Morgan fingerprint density at radius 3 is 1.56 bits per heavy atom. The zero-order valence-corrected chi connectivity index (χ0v) is 9.38. The third-order valence-corrected chi connectivity index (χ3v) is 1.36. The Morgan fingerprint density at radius 1 is 1.00 bits per heavy atom. The molecule has 0 aliphatic rings. The van der Waals surface area contributed by atoms with E-state index >= 15 is 0 Å². The number of hydrogen-bond acceptors (Lipinski definition) is 3. The first-order valence-electron chi connectivity index (χ1n) is 3.83. The molecule has 0 spiro atoms. The van der Waals surface area contributed by atoms with Crippen molar-refractivity contribution in [1.29, 1.82) is 0 Å². The number of aromatic carboxylic acids is 2. The average molecular weight is 264 g/mol. The molecule has 86 valence electrons. The molecule has 0 aliphatic carbocycles. The molecule has 0 atom stereocenters. The van der Waals surface area contributed by atoms with Crippen molar-refractivity contribution in [2.24, 2.45) is 0 Å². The first-order valence-corrected chi connectivity index (χ1v) is 5.86. The van der Waals surface area contributed by atoms with Crippen molar-refractivity contribution in [1.82, 2.24) is 0 Å². The summed E-state index contributed by atoms with van der Waals surface area (Å²) in [5.74, 6) is -2.25. The SMILES string of the molecule is O=C(O)c1cccc(C(=O)O)c1.[O]=[Ti]([OH])[OH]. The van der Waals surface area contributed by atoms with Crippen molar-refractivity contribution in [2.45, 2.75) is 0 Å². The van der Waals surface area contributed by atoms with E-state index in [1.165, 1.54) is 18.2 Å². The molecule has 1 aromatic rings. The molecule has 8 heteroatoms. The van der Waals surface area contributed by atoms with E-state index < -0.39 is 30.6 Å². The van der Waals surface area contributed by atoms with Crippen molar-refractivity contribution >= 4 is 11.9 Å². The van der Waals surface area contributed by atoms with Crippen LogP contribution in [0.4, 0.5) is 0 Å². The summed E-state index contributed by atoms with van der Waals surface area (Å²) in [5.41, 5.74) is -0.0372. The second kappa shape index (κ2) is 6.97. The Kier molecular flexibility index (Phi) is 6.35. The topological polar surface area (TPSA) is 132 Å². The van der Waals surface area contributed by atoms with Crippen molar-refractivity contribution in [3.63, 3.8) is 0 Å². The van der Waals surface area contributed by atoms with E-state index in [1.807, 2.05) is 0 Å². The predicted molar refractivity (Wildman–Crippen MR) is 45.5 cm³/mol. The van der Waals surface area contributed by atoms with Gasteiger partial charge in [0.2, 0.25) is 0 Å². The van der Waals surface area contributed by atoms with E-state index in [9.17, 15) is 9.59 Å². The third-order valence-electron chi connectivity index (χ3n) is 1.36. The van der Waals surface area contributed by atoms with Gasteiger partial charge in [-0.1, -0.05) is 6.07 Å². The van der Waals surface area contributed by atoms with Gasteiger partial charge in [-0.25, -0.2) is 9.59 Å². The Bertz CT molecular complexity index is 381. The second-order valence-corrected chi connectivity index (χ2v) is 3.36. The molecule has 0 saturated carbocycles. The zero-order chi connectivity index (χ0) is 12.7. The number of carbonyl (C=O) groups is 2. The molecule has 0 unspecified atom stereocenters. The van der Waals surface area contributed by atoms with E-state index in [2.05, 4.69) is 0 Å². The summed E-state index contributed by atoms with van der Waals surface area (Å²) in [4.78, 5) is 20.8. The van der Waals surface area contributed by atoms with Gasteiger partial charge in [-0.05, 0) is 18.2 Å². The van der Waals surface area contributed by atoms with Gasteiger partial charge in [0.05, 0.1) is 11.1 Å². The van der Waals surface area contributed by atoms with Gasteiger partial charge in [-0.2, -0.15) is 0 Å². The van der Waals surface area contributed by atoms with Gasteiger partial charge < -0.3 is 10.2 Å². The normalized spacial score (nSPS) is 8.62. The second-order valence-electron chi connectivity index (χ2n) is 2.47. The molecule has 7 nitrogen and oxygen atoms in total. The molecule has 16 heavy (non-hydrogen) atoms. The standard InChI is InChI=1S/C8H6O4.2H2O.O.Ti/c9-7(10)5-2-1-3-6(4-5)8(11)12;;;;/h1-4H,(H,9,10)(H,11,12);2*1H2;;/q;;;;+2/p-2. The van der Waals surface area contributed by atoms with Gasteiger partial charge in [0, 0.05) is 0 Å². The molecule has 0 aromatic heterocycles. The van der Waals surface area contributed by atoms with Crippen molar-refractivity contribution < 1.29 is 49.1 Å². The summed E-state index contributed by atoms with van der Waals surface area (Å²) in [5, 5.41) is 17.0. The maximum atomic E-state index is 10.4. The summed E-state index contributed by atoms with van der Waals surface area (Å²) in [7, 11) is 0. The Balaban J connectivity index is 0.000000487. The van der Waals surface area contributed by atoms with Crippen LogP contribution in [0.15, 0.2) is 24.3 Å². The van der Waals surface area contributed by atoms with E-state index in [0.29, 0.717) is 0 Å². The average Bonchev–Trinajstić information content (AvgIpc) is 2.17. The van der Waals surface area contributed by atoms with E-state index in [0.717, 1.165) is 6.07 Å². The van der Waals surface area contributed by atoms with Crippen LogP contribution < -0.4 is 0 Å². The minimum atomic E-state index is -3.58. The molecule has 0 heterocycles. The fourth-order valence-corrected chi connectivity index (χ4v) is 0.785. The molecule has 1 rings (SSSR count). The first-order chi connectivity index (χ1) is 7.34. The van der Waals surface area contributed by atoms with Gasteiger partial charge in [-0.3, -0.25) is 0 Å². The van der Waals surface area contributed by atoms with Crippen LogP contribution >= 0.6 is 0 Å². The molecular formula is C8H8O7Ti. The Morgan fingerprint density at radius 2 is 1.31 bits per heavy atom. The van der Waals surface area contributed by atoms with E-state index in [4.69, 9.17) is 20.9 Å². The fourth-order valence-electron chi connectivity index (χ4n) is 0.785. The number of hydrogen-bond donors (Lipinski definition) is 4. The summed E-state index contributed by atoms with van der Waals surface area (Å²) in [6, 6.07) is 5.20. The van der Waals surface area contributed by atoms with Crippen LogP contribution in [0.25, 0.3) is 0 Å². The van der Waals surface area contributed by atoms with Crippen LogP contribution in [-0.4, -0.2) is 29.5 Å². The van der Waals surface area contributed by atoms with Gasteiger partial charge in [0.1, 0.15) is 0 Å². The van der Waals surface area contributed by atoms with Crippen molar-refractivity contribution in [3.05, 3.63) is 35.4 Å². The minimum absolute atomic E-state index is 0.0186. The number of carboxylic acid groups (broad SMARTS) is 2. The van der Waals surface area contributed by atoms with Crippen LogP contribution in [0.1, 0.15) is 20.7 Å². The molecule has 0 amide bonds. The van der Waals surface area contributed by atoms with Crippen LogP contribution in [0.5, 0.6) is 0 Å². The number of rotatable bonds is 2. The molecule has 0 aliphatic heterocycles. The zero-order valence-electron chi connectivity index (χ0n) is 7.82.